The van der Waals surface area contributed by atoms with Crippen LogP contribution in [0, 0.1) is 5.92 Å². The number of benzene rings is 2. The van der Waals surface area contributed by atoms with Crippen molar-refractivity contribution in [1.82, 2.24) is 34.1 Å². The van der Waals surface area contributed by atoms with Crippen LogP contribution in [0.3, 0.4) is 0 Å². The van der Waals surface area contributed by atoms with Crippen molar-refractivity contribution < 1.29 is 45.1 Å². The number of halogens is 7. The zero-order valence-corrected chi connectivity index (χ0v) is 31.4. The van der Waals surface area contributed by atoms with E-state index in [2.05, 4.69) is 20.7 Å². The Morgan fingerprint density at radius 1 is 1.02 bits per heavy atom. The molecule has 3 amide bonds. The van der Waals surface area contributed by atoms with Crippen LogP contribution in [-0.4, -0.2) is 72.1 Å². The number of rotatable bonds is 8. The predicted molar refractivity (Wildman–Crippen MR) is 201 cm³/mol. The van der Waals surface area contributed by atoms with Gasteiger partial charge in [-0.15, -0.1) is 0 Å². The second-order valence-electron chi connectivity index (χ2n) is 15.3. The number of hydrogen-bond acceptors (Lipinski definition) is 7. The molecule has 19 heteroatoms. The van der Waals surface area contributed by atoms with E-state index in [0.717, 1.165) is 18.2 Å². The molecule has 3 aromatic heterocycles. The molecule has 12 nitrogen and oxygen atoms in total. The Morgan fingerprint density at radius 3 is 2.46 bits per heavy atom. The van der Waals surface area contributed by atoms with Crippen LogP contribution in [0.25, 0.3) is 27.5 Å². The highest BCUT2D eigenvalue weighted by atomic mass is 19.4. The summed E-state index contributed by atoms with van der Waals surface area (Å²) in [4.78, 5) is 55.6. The number of carbonyl (C=O) groups is 3. The molecule has 3 aliphatic rings. The number of amides is 3. The van der Waals surface area contributed by atoms with E-state index < -0.39 is 71.5 Å². The van der Waals surface area contributed by atoms with Gasteiger partial charge in [0, 0.05) is 54.8 Å². The molecule has 59 heavy (non-hydrogen) atoms. The molecule has 2 fully saturated rings. The maximum Gasteiger partial charge on any atom is 0.433 e. The molecule has 0 radical (unpaired) electrons. The fourth-order valence-corrected chi connectivity index (χ4v) is 8.58. The lowest BCUT2D eigenvalue weighted by atomic mass is 9.85. The molecule has 2 N–H and O–H groups in total. The van der Waals surface area contributed by atoms with Crippen LogP contribution >= 0.6 is 0 Å². The van der Waals surface area contributed by atoms with Crippen LogP contribution < -0.4 is 16.3 Å². The maximum atomic E-state index is 16.1. The number of aromatic nitrogens is 5. The lowest BCUT2D eigenvalue weighted by Crippen LogP contribution is -2.44. The number of aryl methyl sites for hydroxylation is 1. The number of pyridine rings is 1. The molecule has 2 aromatic carbocycles. The Bertz CT molecular complexity index is 2590. The van der Waals surface area contributed by atoms with Crippen LogP contribution in [0.15, 0.2) is 65.6 Å². The summed E-state index contributed by atoms with van der Waals surface area (Å²) >= 11 is 0. The van der Waals surface area contributed by atoms with E-state index in [9.17, 15) is 41.1 Å². The van der Waals surface area contributed by atoms with Crippen molar-refractivity contribution in [3.05, 3.63) is 93.8 Å². The summed E-state index contributed by atoms with van der Waals surface area (Å²) in [7, 11) is 1.47. The minimum absolute atomic E-state index is 0.0467. The number of hydrogen-bond donors (Lipinski definition) is 2. The average molecular weight is 827 g/mol. The number of nitrogens with zero attached hydrogens (tertiary/aromatic N) is 6. The lowest BCUT2D eigenvalue weighted by Gasteiger charge is -2.37. The maximum absolute atomic E-state index is 16.1. The third kappa shape index (κ3) is 7.63. The Hall–Kier alpha value is -5.85. The smallest absolute Gasteiger partial charge is 0.320 e. The van der Waals surface area contributed by atoms with Crippen molar-refractivity contribution in [2.75, 3.05) is 25.0 Å². The first kappa shape index (κ1) is 40.0. The first-order chi connectivity index (χ1) is 28.0. The van der Waals surface area contributed by atoms with Crippen molar-refractivity contribution in [2.24, 2.45) is 13.0 Å². The van der Waals surface area contributed by atoms with Gasteiger partial charge in [0.15, 0.2) is 0 Å². The van der Waals surface area contributed by atoms with Gasteiger partial charge in [-0.1, -0.05) is 24.3 Å². The molecule has 8 rings (SSSR count). The fourth-order valence-electron chi connectivity index (χ4n) is 8.58. The minimum Gasteiger partial charge on any atom is -0.320 e. The highest BCUT2D eigenvalue weighted by molar-refractivity contribution is 6.04. The summed E-state index contributed by atoms with van der Waals surface area (Å²) < 4.78 is 104. The highest BCUT2D eigenvalue weighted by Crippen LogP contribution is 2.41. The molecule has 0 bridgehead atoms. The molecular weight excluding hydrogens is 789 g/mol. The first-order valence-corrected chi connectivity index (χ1v) is 19.0. The average Bonchev–Trinajstić information content (AvgIpc) is 3.71. The zero-order chi connectivity index (χ0) is 42.0. The molecule has 1 saturated heterocycles. The number of para-hydroxylation sites is 1. The molecule has 1 saturated carbocycles. The number of imidazole rings is 1. The first-order valence-electron chi connectivity index (χ1n) is 19.0. The molecule has 310 valence electrons. The van der Waals surface area contributed by atoms with Gasteiger partial charge in [-0.05, 0) is 68.4 Å². The van der Waals surface area contributed by atoms with Crippen molar-refractivity contribution in [1.29, 1.82) is 0 Å². The molecule has 5 heterocycles. The van der Waals surface area contributed by atoms with Crippen molar-refractivity contribution >= 4 is 50.9 Å². The van der Waals surface area contributed by atoms with E-state index in [1.807, 2.05) is 0 Å². The van der Waals surface area contributed by atoms with E-state index in [4.69, 9.17) is 0 Å². The predicted octanol–water partition coefficient (Wildman–Crippen LogP) is 7.04. The molecule has 0 spiro atoms. The van der Waals surface area contributed by atoms with Crippen molar-refractivity contribution in [3.8, 4) is 0 Å². The molecule has 1 atom stereocenters. The Labute approximate surface area is 330 Å². The van der Waals surface area contributed by atoms with E-state index >= 15 is 8.78 Å². The van der Waals surface area contributed by atoms with E-state index in [1.165, 1.54) is 34.4 Å². The van der Waals surface area contributed by atoms with E-state index in [1.54, 1.807) is 27.9 Å². The minimum atomic E-state index is -4.81. The standard InChI is InChI=1S/C40H37F7N8O4/c1-52-34-24(4-2-6-30(34)55(38(52)59)31-12-13-33(56)50-37(31)58)26-14-15-53(20-39(26,43)44)18-21-8-10-23(11-9-21)54-19-22-16-29(25(35(41)42)17-28(22)51-54)49-36(57)27-5-3-7-32(48-27)40(45,46)47/h2-7,14,16-17,19,21,23,31,35H,8-13,15,18,20H2,1H3,(H,49,57)(H,50,56,58)/t21-,23-,31?. The number of nitrogens with one attached hydrogen (secondary N) is 2. The van der Waals surface area contributed by atoms with Gasteiger partial charge >= 0.3 is 11.9 Å². The summed E-state index contributed by atoms with van der Waals surface area (Å²) in [5.74, 6) is -5.33. The van der Waals surface area contributed by atoms with Crippen LogP contribution in [0.4, 0.5) is 36.4 Å². The molecule has 5 aromatic rings. The van der Waals surface area contributed by atoms with E-state index in [0.29, 0.717) is 49.2 Å². The third-order valence-corrected chi connectivity index (χ3v) is 11.4. The Balaban J connectivity index is 0.938. The molecule has 1 unspecified atom stereocenters. The fraction of sp³-hybridized carbons (Fsp3) is 0.400. The number of anilines is 1. The molecule has 1 aliphatic carbocycles. The van der Waals surface area contributed by atoms with Gasteiger partial charge < -0.3 is 5.32 Å². The zero-order valence-electron chi connectivity index (χ0n) is 31.4. The van der Waals surface area contributed by atoms with Crippen LogP contribution in [0.2, 0.25) is 0 Å². The van der Waals surface area contributed by atoms with Crippen molar-refractivity contribution in [2.45, 2.75) is 69.1 Å². The summed E-state index contributed by atoms with van der Waals surface area (Å²) in [6, 6.07) is 8.80. The van der Waals surface area contributed by atoms with Gasteiger partial charge in [-0.3, -0.25) is 38.4 Å². The SMILES string of the molecule is Cn1c(=O)n(C2CCC(=O)NC2=O)c2cccc(C3=CCN(C[C@H]4CC[C@H](n5cc6cc(NC(=O)c7cccc(C(F)(F)F)n7)c(C(F)F)cc6n5)CC4)CC3(F)F)c21. The highest BCUT2D eigenvalue weighted by Gasteiger charge is 2.42. The van der Waals surface area contributed by atoms with E-state index in [-0.39, 0.29) is 59.2 Å². The summed E-state index contributed by atoms with van der Waals surface area (Å²) in [6.45, 7) is 0.0999. The summed E-state index contributed by atoms with van der Waals surface area (Å²) in [6.07, 6.45) is -1.91. The lowest BCUT2D eigenvalue weighted by molar-refractivity contribution is -0.141. The largest absolute Gasteiger partial charge is 0.433 e. The van der Waals surface area contributed by atoms with Crippen LogP contribution in [0.5, 0.6) is 0 Å². The van der Waals surface area contributed by atoms with Gasteiger partial charge in [0.1, 0.15) is 17.4 Å². The number of imide groups is 1. The van der Waals surface area contributed by atoms with Crippen LogP contribution in [0.1, 0.15) is 84.3 Å². The summed E-state index contributed by atoms with van der Waals surface area (Å²) in [5, 5.41) is 9.46. The number of piperidine rings is 1. The van der Waals surface area contributed by atoms with Gasteiger partial charge in [-0.25, -0.2) is 18.6 Å². The Morgan fingerprint density at radius 2 is 1.76 bits per heavy atom. The van der Waals surface area contributed by atoms with Crippen LogP contribution in [-0.2, 0) is 22.8 Å². The normalized spacial score (nSPS) is 21.6. The number of alkyl halides is 7. The van der Waals surface area contributed by atoms with Gasteiger partial charge in [-0.2, -0.15) is 27.1 Å². The third-order valence-electron chi connectivity index (χ3n) is 11.4. The monoisotopic (exact) mass is 826 g/mol. The topological polar surface area (TPSA) is 136 Å². The van der Waals surface area contributed by atoms with Gasteiger partial charge in [0.2, 0.25) is 11.8 Å². The quantitative estimate of drug-likeness (QED) is 0.127. The van der Waals surface area contributed by atoms with Gasteiger partial charge in [0.05, 0.1) is 34.8 Å². The molecular formula is C40H37F7N8O4. The second-order valence-corrected chi connectivity index (χ2v) is 15.3. The Kier molecular flexibility index (Phi) is 10.2. The summed E-state index contributed by atoms with van der Waals surface area (Å²) in [5.41, 5.74) is -2.50. The van der Waals surface area contributed by atoms with Crippen molar-refractivity contribution in [3.63, 3.8) is 0 Å². The molecule has 2 aliphatic heterocycles. The van der Waals surface area contributed by atoms with Gasteiger partial charge in [0.25, 0.3) is 18.3 Å². The second kappa shape index (κ2) is 15.1. The number of fused-ring (bicyclic) bond motifs is 2. The number of carbonyl (C=O) groups excluding carboxylic acids is 3.